The Hall–Kier alpha value is -3.42. The molecule has 172 valence electrons. The van der Waals surface area contributed by atoms with Gasteiger partial charge in [0.15, 0.2) is 0 Å². The molecule has 5 rings (SSSR count). The van der Waals surface area contributed by atoms with Gasteiger partial charge in [0.25, 0.3) is 5.91 Å². The Morgan fingerprint density at radius 2 is 1.82 bits per heavy atom. The highest BCUT2D eigenvalue weighted by Crippen LogP contribution is 2.25. The summed E-state index contributed by atoms with van der Waals surface area (Å²) in [5, 5.41) is 6.32. The molecule has 0 bridgehead atoms. The van der Waals surface area contributed by atoms with Crippen LogP contribution in [0.3, 0.4) is 0 Å². The highest BCUT2D eigenvalue weighted by molar-refractivity contribution is 7.13. The number of piperidine rings is 1. The smallest absolute Gasteiger partial charge is 0.253 e. The van der Waals surface area contributed by atoms with Gasteiger partial charge in [-0.2, -0.15) is 0 Å². The van der Waals surface area contributed by atoms with Gasteiger partial charge in [0, 0.05) is 48.4 Å². The van der Waals surface area contributed by atoms with Gasteiger partial charge >= 0.3 is 0 Å². The van der Waals surface area contributed by atoms with E-state index < -0.39 is 0 Å². The van der Waals surface area contributed by atoms with Crippen LogP contribution in [0.1, 0.15) is 28.9 Å². The van der Waals surface area contributed by atoms with E-state index in [2.05, 4.69) is 32.7 Å². The predicted molar refractivity (Wildman–Crippen MR) is 133 cm³/mol. The summed E-state index contributed by atoms with van der Waals surface area (Å²) in [7, 11) is 0. The maximum absolute atomic E-state index is 13.4. The average molecular weight is 473 g/mol. The van der Waals surface area contributed by atoms with Crippen molar-refractivity contribution in [2.45, 2.75) is 25.4 Å². The van der Waals surface area contributed by atoms with E-state index in [1.54, 1.807) is 41.8 Å². The van der Waals surface area contributed by atoms with Crippen molar-refractivity contribution in [1.29, 1.82) is 0 Å². The van der Waals surface area contributed by atoms with Crippen LogP contribution in [0.5, 0.6) is 0 Å². The van der Waals surface area contributed by atoms with Crippen LogP contribution in [0.4, 0.5) is 4.39 Å². The lowest BCUT2D eigenvalue weighted by Crippen LogP contribution is -2.44. The molecular formula is C27H25FN4OS. The van der Waals surface area contributed by atoms with Crippen molar-refractivity contribution >= 4 is 17.2 Å². The molecule has 5 nitrogen and oxygen atoms in total. The monoisotopic (exact) mass is 472 g/mol. The molecule has 1 amide bonds. The number of hydrogen-bond donors (Lipinski definition) is 1. The number of rotatable bonds is 6. The SMILES string of the molecule is O=C(NC1CCN(Cc2csc(-c3ccccc3)n2)CC1)c1ccc(-c2cccc(F)c2)nc1. The topological polar surface area (TPSA) is 58.1 Å². The van der Waals surface area contributed by atoms with E-state index in [9.17, 15) is 9.18 Å². The minimum atomic E-state index is -0.307. The Balaban J connectivity index is 1.12. The molecule has 0 aliphatic carbocycles. The third kappa shape index (κ3) is 5.38. The van der Waals surface area contributed by atoms with Gasteiger partial charge in [-0.15, -0.1) is 11.3 Å². The van der Waals surface area contributed by atoms with Gasteiger partial charge < -0.3 is 5.32 Å². The summed E-state index contributed by atoms with van der Waals surface area (Å²) in [6, 6.07) is 20.2. The molecule has 1 N–H and O–H groups in total. The minimum Gasteiger partial charge on any atom is -0.349 e. The molecule has 0 radical (unpaired) electrons. The van der Waals surface area contributed by atoms with Crippen LogP contribution in [0.15, 0.2) is 78.3 Å². The largest absolute Gasteiger partial charge is 0.349 e. The highest BCUT2D eigenvalue weighted by atomic mass is 32.1. The molecule has 1 saturated heterocycles. The van der Waals surface area contributed by atoms with E-state index in [0.29, 0.717) is 16.8 Å². The van der Waals surface area contributed by atoms with Gasteiger partial charge in [-0.25, -0.2) is 9.37 Å². The predicted octanol–water partition coefficient (Wildman–Crippen LogP) is 5.41. The van der Waals surface area contributed by atoms with Crippen molar-refractivity contribution in [3.8, 4) is 21.8 Å². The summed E-state index contributed by atoms with van der Waals surface area (Å²) in [6.07, 6.45) is 3.35. The number of nitrogens with one attached hydrogen (secondary N) is 1. The van der Waals surface area contributed by atoms with Crippen molar-refractivity contribution in [2.24, 2.45) is 0 Å². The number of carbonyl (C=O) groups is 1. The van der Waals surface area contributed by atoms with Crippen LogP contribution in [0, 0.1) is 5.82 Å². The van der Waals surface area contributed by atoms with Crippen molar-refractivity contribution in [3.05, 3.63) is 95.4 Å². The lowest BCUT2D eigenvalue weighted by molar-refractivity contribution is 0.0908. The molecule has 0 spiro atoms. The zero-order chi connectivity index (χ0) is 23.3. The maximum atomic E-state index is 13.4. The quantitative estimate of drug-likeness (QED) is 0.408. The van der Waals surface area contributed by atoms with E-state index >= 15 is 0 Å². The highest BCUT2D eigenvalue weighted by Gasteiger charge is 2.22. The Bertz CT molecular complexity index is 1250. The van der Waals surface area contributed by atoms with E-state index in [1.807, 2.05) is 18.2 Å². The number of benzene rings is 2. The molecule has 1 aliphatic heterocycles. The van der Waals surface area contributed by atoms with Crippen LogP contribution in [-0.4, -0.2) is 39.9 Å². The second kappa shape index (κ2) is 10.2. The Morgan fingerprint density at radius 1 is 1.03 bits per heavy atom. The number of likely N-dealkylation sites (tertiary alicyclic amines) is 1. The van der Waals surface area contributed by atoms with Gasteiger partial charge in [0.2, 0.25) is 0 Å². The number of nitrogens with zero attached hydrogens (tertiary/aromatic N) is 3. The summed E-state index contributed by atoms with van der Waals surface area (Å²) in [4.78, 5) is 24.2. The third-order valence-corrected chi connectivity index (χ3v) is 6.97. The second-order valence-electron chi connectivity index (χ2n) is 8.48. The first-order valence-corrected chi connectivity index (χ1v) is 12.3. The van der Waals surface area contributed by atoms with Crippen molar-refractivity contribution in [3.63, 3.8) is 0 Å². The molecule has 0 unspecified atom stereocenters. The maximum Gasteiger partial charge on any atom is 0.253 e. The molecule has 4 aromatic rings. The molecule has 3 heterocycles. The van der Waals surface area contributed by atoms with Gasteiger partial charge in [-0.1, -0.05) is 42.5 Å². The number of halogens is 1. The molecule has 2 aromatic heterocycles. The van der Waals surface area contributed by atoms with Crippen LogP contribution in [-0.2, 0) is 6.54 Å². The van der Waals surface area contributed by atoms with E-state index in [-0.39, 0.29) is 17.8 Å². The molecule has 1 fully saturated rings. The summed E-state index contributed by atoms with van der Waals surface area (Å²) in [5.41, 5.74) is 4.09. The van der Waals surface area contributed by atoms with Gasteiger partial charge in [-0.3, -0.25) is 14.7 Å². The fourth-order valence-corrected chi connectivity index (χ4v) is 4.99. The summed E-state index contributed by atoms with van der Waals surface area (Å²) >= 11 is 1.68. The molecule has 1 aliphatic rings. The summed E-state index contributed by atoms with van der Waals surface area (Å²) in [5.74, 6) is -0.428. The van der Waals surface area contributed by atoms with Crippen LogP contribution in [0.25, 0.3) is 21.8 Å². The summed E-state index contributed by atoms with van der Waals surface area (Å²) < 4.78 is 13.4. The molecule has 7 heteroatoms. The van der Waals surface area contributed by atoms with Crippen LogP contribution < -0.4 is 5.32 Å². The first-order valence-electron chi connectivity index (χ1n) is 11.4. The first kappa shape index (κ1) is 22.4. The average Bonchev–Trinajstić information content (AvgIpc) is 3.34. The minimum absolute atomic E-state index is 0.122. The van der Waals surface area contributed by atoms with Crippen LogP contribution >= 0.6 is 11.3 Å². The number of pyridine rings is 1. The van der Waals surface area contributed by atoms with Crippen molar-refractivity contribution < 1.29 is 9.18 Å². The molecule has 2 aromatic carbocycles. The Labute approximate surface area is 202 Å². The molecule has 0 saturated carbocycles. The van der Waals surface area contributed by atoms with Gasteiger partial charge in [-0.05, 0) is 37.1 Å². The van der Waals surface area contributed by atoms with Gasteiger partial charge in [0.05, 0.1) is 17.0 Å². The number of carbonyl (C=O) groups excluding carboxylic acids is 1. The second-order valence-corrected chi connectivity index (χ2v) is 9.33. The molecule has 0 atom stereocenters. The van der Waals surface area contributed by atoms with Gasteiger partial charge in [0.1, 0.15) is 10.8 Å². The number of hydrogen-bond acceptors (Lipinski definition) is 5. The van der Waals surface area contributed by atoms with E-state index in [4.69, 9.17) is 4.98 Å². The Morgan fingerprint density at radius 3 is 2.56 bits per heavy atom. The van der Waals surface area contributed by atoms with Crippen LogP contribution in [0.2, 0.25) is 0 Å². The lowest BCUT2D eigenvalue weighted by Gasteiger charge is -2.31. The Kier molecular flexibility index (Phi) is 6.74. The number of thiazole rings is 1. The zero-order valence-electron chi connectivity index (χ0n) is 18.7. The number of aromatic nitrogens is 2. The summed E-state index contributed by atoms with van der Waals surface area (Å²) in [6.45, 7) is 2.66. The van der Waals surface area contributed by atoms with E-state index in [0.717, 1.165) is 48.7 Å². The van der Waals surface area contributed by atoms with Crippen molar-refractivity contribution in [2.75, 3.05) is 13.1 Å². The number of amides is 1. The fourth-order valence-electron chi connectivity index (χ4n) is 4.17. The molecule has 34 heavy (non-hydrogen) atoms. The third-order valence-electron chi connectivity index (χ3n) is 6.03. The molecular weight excluding hydrogens is 447 g/mol. The normalized spacial score (nSPS) is 14.7. The van der Waals surface area contributed by atoms with Crippen molar-refractivity contribution in [1.82, 2.24) is 20.2 Å². The van der Waals surface area contributed by atoms with E-state index in [1.165, 1.54) is 12.1 Å². The zero-order valence-corrected chi connectivity index (χ0v) is 19.5. The lowest BCUT2D eigenvalue weighted by atomic mass is 10.0. The first-order chi connectivity index (χ1) is 16.6. The fraction of sp³-hybridized carbons (Fsp3) is 0.222. The standard InChI is InChI=1S/C27H25FN4OS/c28-22-8-4-7-20(15-22)25-10-9-21(16-29-25)26(33)30-23-11-13-32(14-12-23)17-24-18-34-27(31-24)19-5-2-1-3-6-19/h1-10,15-16,18,23H,11-14,17H2,(H,30,33).